The van der Waals surface area contributed by atoms with E-state index in [1.54, 1.807) is 0 Å². The third-order valence-corrected chi connectivity index (χ3v) is 4.31. The quantitative estimate of drug-likeness (QED) is 0.847. The first kappa shape index (κ1) is 13.4. The van der Waals surface area contributed by atoms with Gasteiger partial charge in [0.25, 0.3) is 0 Å². The first-order chi connectivity index (χ1) is 9.17. The number of anilines is 1. The topological polar surface area (TPSA) is 47.7 Å². The van der Waals surface area contributed by atoms with Gasteiger partial charge in [-0.05, 0) is 30.7 Å². The van der Waals surface area contributed by atoms with Crippen LogP contribution in [0.25, 0.3) is 0 Å². The molecule has 2 heterocycles. The highest BCUT2D eigenvalue weighted by molar-refractivity contribution is 9.10. The first-order valence-electron chi connectivity index (χ1n) is 6.71. The van der Waals surface area contributed by atoms with Gasteiger partial charge in [-0.25, -0.2) is 0 Å². The van der Waals surface area contributed by atoms with Crippen LogP contribution in [0.4, 0.5) is 5.69 Å². The number of nitrogen functional groups attached to an aromatic ring is 1. The van der Waals surface area contributed by atoms with Crippen LogP contribution in [0.1, 0.15) is 18.4 Å². The van der Waals surface area contributed by atoms with Gasteiger partial charge in [0.15, 0.2) is 5.79 Å². The van der Waals surface area contributed by atoms with Crippen LogP contribution in [0.3, 0.4) is 0 Å². The fourth-order valence-electron chi connectivity index (χ4n) is 2.89. The number of piperidine rings is 1. The van der Waals surface area contributed by atoms with Gasteiger partial charge < -0.3 is 15.2 Å². The van der Waals surface area contributed by atoms with E-state index in [1.807, 2.05) is 12.1 Å². The van der Waals surface area contributed by atoms with Crippen LogP contribution < -0.4 is 5.73 Å². The number of benzene rings is 1. The zero-order valence-electron chi connectivity index (χ0n) is 10.9. The fraction of sp³-hybridized carbons (Fsp3) is 0.571. The van der Waals surface area contributed by atoms with Crippen LogP contribution in [-0.4, -0.2) is 37.0 Å². The highest BCUT2D eigenvalue weighted by Crippen LogP contribution is 2.31. The number of ether oxygens (including phenoxy) is 2. The highest BCUT2D eigenvalue weighted by atomic mass is 79.9. The Balaban J connectivity index is 1.69. The molecule has 1 aromatic rings. The summed E-state index contributed by atoms with van der Waals surface area (Å²) < 4.78 is 12.6. The zero-order valence-corrected chi connectivity index (χ0v) is 12.5. The number of nitrogens with zero attached hydrogens (tertiary/aromatic N) is 1. The highest BCUT2D eigenvalue weighted by Gasteiger charge is 2.40. The molecule has 2 aliphatic heterocycles. The first-order valence-corrected chi connectivity index (χ1v) is 7.50. The molecule has 0 aromatic heterocycles. The Morgan fingerprint density at radius 3 is 2.84 bits per heavy atom. The average Bonchev–Trinajstić information content (AvgIpc) is 2.81. The van der Waals surface area contributed by atoms with Crippen molar-refractivity contribution in [2.45, 2.75) is 25.2 Å². The molecule has 2 aliphatic rings. The van der Waals surface area contributed by atoms with Gasteiger partial charge in [-0.2, -0.15) is 0 Å². The number of hydrogen-bond donors (Lipinski definition) is 1. The molecule has 2 fully saturated rings. The second-order valence-corrected chi connectivity index (χ2v) is 6.18. The van der Waals surface area contributed by atoms with Crippen LogP contribution in [0.5, 0.6) is 0 Å². The van der Waals surface area contributed by atoms with Gasteiger partial charge in [-0.3, -0.25) is 4.90 Å². The summed E-state index contributed by atoms with van der Waals surface area (Å²) in [6.07, 6.45) is 2.11. The molecule has 1 aromatic carbocycles. The Morgan fingerprint density at radius 2 is 2.11 bits per heavy atom. The molecule has 0 unspecified atom stereocenters. The van der Waals surface area contributed by atoms with Crippen molar-refractivity contribution in [1.82, 2.24) is 4.90 Å². The van der Waals surface area contributed by atoms with E-state index >= 15 is 0 Å². The SMILES string of the molecule is Nc1cc(Br)ccc1CN1CCCC2(C1)OCCO2. The zero-order chi connectivity index (χ0) is 13.3. The second-order valence-electron chi connectivity index (χ2n) is 5.26. The molecule has 0 radical (unpaired) electrons. The normalized spacial score (nSPS) is 23.0. The summed E-state index contributed by atoms with van der Waals surface area (Å²) in [5.41, 5.74) is 8.06. The summed E-state index contributed by atoms with van der Waals surface area (Å²) in [6, 6.07) is 6.07. The maximum Gasteiger partial charge on any atom is 0.181 e. The average molecular weight is 327 g/mol. The maximum atomic E-state index is 6.06. The van der Waals surface area contributed by atoms with Crippen molar-refractivity contribution in [3.8, 4) is 0 Å². The van der Waals surface area contributed by atoms with Crippen molar-refractivity contribution >= 4 is 21.6 Å². The third-order valence-electron chi connectivity index (χ3n) is 3.81. The van der Waals surface area contributed by atoms with Crippen molar-refractivity contribution in [3.05, 3.63) is 28.2 Å². The van der Waals surface area contributed by atoms with Gasteiger partial charge in [0.05, 0.1) is 19.8 Å². The van der Waals surface area contributed by atoms with Gasteiger partial charge in [0.2, 0.25) is 0 Å². The third kappa shape index (κ3) is 2.94. The lowest BCUT2D eigenvalue weighted by Gasteiger charge is -2.38. The summed E-state index contributed by atoms with van der Waals surface area (Å²) >= 11 is 3.44. The van der Waals surface area contributed by atoms with E-state index in [-0.39, 0.29) is 5.79 Å². The molecule has 1 spiro atoms. The van der Waals surface area contributed by atoms with E-state index in [1.165, 1.54) is 5.56 Å². The van der Waals surface area contributed by atoms with E-state index in [4.69, 9.17) is 15.2 Å². The minimum Gasteiger partial charge on any atom is -0.398 e. The standard InChI is InChI=1S/C14H19BrN2O2/c15-12-3-2-11(13(16)8-12)9-17-5-1-4-14(10-17)18-6-7-19-14/h2-3,8H,1,4-7,9-10,16H2. The lowest BCUT2D eigenvalue weighted by Crippen LogP contribution is -2.48. The summed E-state index contributed by atoms with van der Waals surface area (Å²) in [4.78, 5) is 2.37. The molecule has 3 rings (SSSR count). The van der Waals surface area contributed by atoms with E-state index < -0.39 is 0 Å². The predicted molar refractivity (Wildman–Crippen MR) is 77.7 cm³/mol. The van der Waals surface area contributed by atoms with E-state index in [0.29, 0.717) is 13.2 Å². The van der Waals surface area contributed by atoms with Gasteiger partial charge in [-0.1, -0.05) is 22.0 Å². The number of hydrogen-bond acceptors (Lipinski definition) is 4. The van der Waals surface area contributed by atoms with Crippen LogP contribution >= 0.6 is 15.9 Å². The van der Waals surface area contributed by atoms with Crippen molar-refractivity contribution in [1.29, 1.82) is 0 Å². The monoisotopic (exact) mass is 326 g/mol. The molecule has 2 saturated heterocycles. The summed E-state index contributed by atoms with van der Waals surface area (Å²) in [5, 5.41) is 0. The number of nitrogens with two attached hydrogens (primary N) is 1. The molecule has 0 bridgehead atoms. The Morgan fingerprint density at radius 1 is 1.32 bits per heavy atom. The van der Waals surface area contributed by atoms with Crippen molar-refractivity contribution in [3.63, 3.8) is 0 Å². The van der Waals surface area contributed by atoms with Gasteiger partial charge >= 0.3 is 0 Å². The molecule has 0 atom stereocenters. The molecule has 0 saturated carbocycles. The summed E-state index contributed by atoms with van der Waals surface area (Å²) in [5.74, 6) is -0.359. The molecular weight excluding hydrogens is 308 g/mol. The maximum absolute atomic E-state index is 6.06. The van der Waals surface area contributed by atoms with Crippen LogP contribution in [-0.2, 0) is 16.0 Å². The molecule has 104 valence electrons. The largest absolute Gasteiger partial charge is 0.398 e. The Hall–Kier alpha value is -0.620. The van der Waals surface area contributed by atoms with Gasteiger partial charge in [0.1, 0.15) is 0 Å². The van der Waals surface area contributed by atoms with Crippen molar-refractivity contribution in [2.24, 2.45) is 0 Å². The van der Waals surface area contributed by atoms with Gasteiger partial charge in [-0.15, -0.1) is 0 Å². The lowest BCUT2D eigenvalue weighted by atomic mass is 10.0. The Bertz CT molecular complexity index is 461. The van der Waals surface area contributed by atoms with E-state index in [2.05, 4.69) is 26.9 Å². The number of likely N-dealkylation sites (tertiary alicyclic amines) is 1. The fourth-order valence-corrected chi connectivity index (χ4v) is 3.27. The number of rotatable bonds is 2. The molecule has 4 nitrogen and oxygen atoms in total. The minimum atomic E-state index is -0.359. The Kier molecular flexibility index (Phi) is 3.80. The molecular formula is C14H19BrN2O2. The Labute approximate surface area is 122 Å². The molecule has 0 aliphatic carbocycles. The smallest absolute Gasteiger partial charge is 0.181 e. The molecule has 19 heavy (non-hydrogen) atoms. The second kappa shape index (κ2) is 5.40. The minimum absolute atomic E-state index is 0.359. The lowest BCUT2D eigenvalue weighted by molar-refractivity contribution is -0.190. The van der Waals surface area contributed by atoms with Crippen LogP contribution in [0.2, 0.25) is 0 Å². The van der Waals surface area contributed by atoms with Crippen molar-refractivity contribution < 1.29 is 9.47 Å². The van der Waals surface area contributed by atoms with Gasteiger partial charge in [0, 0.05) is 23.1 Å². The predicted octanol–water partition coefficient (Wildman–Crippen LogP) is 2.37. The molecule has 5 heteroatoms. The van der Waals surface area contributed by atoms with E-state index in [0.717, 1.165) is 42.6 Å². The van der Waals surface area contributed by atoms with Crippen LogP contribution in [0.15, 0.2) is 22.7 Å². The molecule has 0 amide bonds. The number of halogens is 1. The van der Waals surface area contributed by atoms with Crippen molar-refractivity contribution in [2.75, 3.05) is 32.0 Å². The summed E-state index contributed by atoms with van der Waals surface area (Å²) in [6.45, 7) is 4.20. The van der Waals surface area contributed by atoms with E-state index in [9.17, 15) is 0 Å². The molecule has 2 N–H and O–H groups in total. The summed E-state index contributed by atoms with van der Waals surface area (Å²) in [7, 11) is 0. The van der Waals surface area contributed by atoms with Crippen LogP contribution in [0, 0.1) is 0 Å².